The first-order valence-corrected chi connectivity index (χ1v) is 6.50. The molecule has 1 aromatic rings. The summed E-state index contributed by atoms with van der Waals surface area (Å²) >= 11 is 0. The van der Waals surface area contributed by atoms with Gasteiger partial charge in [-0.2, -0.15) is 0 Å². The van der Waals surface area contributed by atoms with Crippen LogP contribution in [0.1, 0.15) is 20.8 Å². The Morgan fingerprint density at radius 1 is 1.38 bits per heavy atom. The second kappa shape index (κ2) is 7.03. The lowest BCUT2D eigenvalue weighted by Gasteiger charge is -2.26. The molecular weight excluding hydrogens is 277 g/mol. The molecule has 0 aliphatic rings. The molecule has 3 amide bonds. The van der Waals surface area contributed by atoms with Crippen molar-refractivity contribution in [3.63, 3.8) is 0 Å². The van der Waals surface area contributed by atoms with Crippen molar-refractivity contribution in [2.24, 2.45) is 5.73 Å². The van der Waals surface area contributed by atoms with E-state index in [1.165, 1.54) is 18.2 Å². The van der Waals surface area contributed by atoms with E-state index in [9.17, 15) is 14.0 Å². The van der Waals surface area contributed by atoms with Gasteiger partial charge in [0.25, 0.3) is 0 Å². The molecular formula is C14H20FN3O3. The van der Waals surface area contributed by atoms with E-state index in [1.807, 2.05) is 0 Å². The fourth-order valence-corrected chi connectivity index (χ4v) is 1.48. The average molecular weight is 297 g/mol. The molecule has 21 heavy (non-hydrogen) atoms. The zero-order valence-corrected chi connectivity index (χ0v) is 12.4. The van der Waals surface area contributed by atoms with E-state index >= 15 is 0 Å². The fourth-order valence-electron chi connectivity index (χ4n) is 1.48. The molecule has 0 spiro atoms. The second-order valence-corrected chi connectivity index (χ2v) is 5.36. The Balaban J connectivity index is 2.80. The van der Waals surface area contributed by atoms with Gasteiger partial charge in [-0.25, -0.2) is 18.9 Å². The Morgan fingerprint density at radius 2 is 2.05 bits per heavy atom. The number of benzene rings is 1. The summed E-state index contributed by atoms with van der Waals surface area (Å²) in [4.78, 5) is 24.9. The highest BCUT2D eigenvalue weighted by atomic mass is 19.1. The van der Waals surface area contributed by atoms with Crippen LogP contribution in [0.4, 0.5) is 19.7 Å². The van der Waals surface area contributed by atoms with Crippen molar-refractivity contribution < 1.29 is 18.7 Å². The van der Waals surface area contributed by atoms with Crippen LogP contribution in [0.15, 0.2) is 24.3 Å². The summed E-state index contributed by atoms with van der Waals surface area (Å²) in [6, 6.07) is 4.64. The lowest BCUT2D eigenvalue weighted by Crippen LogP contribution is -2.45. The molecule has 0 bridgehead atoms. The minimum atomic E-state index is -0.804. The number of halogens is 1. The first kappa shape index (κ1) is 16.9. The molecule has 0 saturated heterocycles. The average Bonchev–Trinajstić information content (AvgIpc) is 2.33. The van der Waals surface area contributed by atoms with Crippen LogP contribution in [0.5, 0.6) is 0 Å². The molecule has 0 unspecified atom stereocenters. The van der Waals surface area contributed by atoms with E-state index in [-0.39, 0.29) is 18.8 Å². The highest BCUT2D eigenvalue weighted by Gasteiger charge is 2.26. The summed E-state index contributed by atoms with van der Waals surface area (Å²) in [5, 5.41) is 2.42. The molecule has 0 saturated carbocycles. The molecule has 0 radical (unpaired) electrons. The van der Waals surface area contributed by atoms with Crippen LogP contribution in [-0.4, -0.2) is 35.7 Å². The van der Waals surface area contributed by atoms with Crippen LogP contribution in [-0.2, 0) is 4.74 Å². The number of ether oxygens (including phenoxy) is 1. The molecule has 0 heterocycles. The highest BCUT2D eigenvalue weighted by Crippen LogP contribution is 2.13. The molecule has 0 atom stereocenters. The summed E-state index contributed by atoms with van der Waals surface area (Å²) in [5.74, 6) is -0.490. The SMILES string of the molecule is CC(C)(C)OC(=O)N(CCN)C(=O)Nc1cccc(F)c1. The van der Waals surface area contributed by atoms with Crippen molar-refractivity contribution in [2.45, 2.75) is 26.4 Å². The normalized spacial score (nSPS) is 10.9. The zero-order chi connectivity index (χ0) is 16.0. The van der Waals surface area contributed by atoms with Crippen molar-refractivity contribution in [3.8, 4) is 0 Å². The van der Waals surface area contributed by atoms with E-state index in [2.05, 4.69) is 5.32 Å². The third-order valence-electron chi connectivity index (χ3n) is 2.29. The Labute approximate surface area is 123 Å². The van der Waals surface area contributed by atoms with Crippen molar-refractivity contribution in [3.05, 3.63) is 30.1 Å². The number of hydrogen-bond acceptors (Lipinski definition) is 4. The van der Waals surface area contributed by atoms with Crippen molar-refractivity contribution in [2.75, 3.05) is 18.4 Å². The Bertz CT molecular complexity index is 514. The number of anilines is 1. The van der Waals surface area contributed by atoms with Crippen LogP contribution in [0.2, 0.25) is 0 Å². The van der Waals surface area contributed by atoms with Gasteiger partial charge in [-0.05, 0) is 39.0 Å². The Kier molecular flexibility index (Phi) is 5.66. The van der Waals surface area contributed by atoms with Crippen LogP contribution in [0.25, 0.3) is 0 Å². The molecule has 6 nitrogen and oxygen atoms in total. The molecule has 0 aromatic heterocycles. The van der Waals surface area contributed by atoms with Crippen molar-refractivity contribution >= 4 is 17.8 Å². The van der Waals surface area contributed by atoms with Crippen molar-refractivity contribution in [1.82, 2.24) is 4.90 Å². The molecule has 0 fully saturated rings. The third kappa shape index (κ3) is 5.78. The quantitative estimate of drug-likeness (QED) is 0.898. The predicted molar refractivity (Wildman–Crippen MR) is 77.4 cm³/mol. The number of nitrogens with zero attached hydrogens (tertiary/aromatic N) is 1. The maximum Gasteiger partial charge on any atom is 0.418 e. The number of imide groups is 1. The molecule has 1 rings (SSSR count). The topological polar surface area (TPSA) is 84.7 Å². The van der Waals surface area contributed by atoms with Crippen LogP contribution in [0.3, 0.4) is 0 Å². The summed E-state index contributed by atoms with van der Waals surface area (Å²) < 4.78 is 18.2. The predicted octanol–water partition coefficient (Wildman–Crippen LogP) is 2.55. The van der Waals surface area contributed by atoms with Gasteiger partial charge in [0, 0.05) is 18.8 Å². The number of hydrogen-bond donors (Lipinski definition) is 2. The molecule has 116 valence electrons. The summed E-state index contributed by atoms with van der Waals surface area (Å²) in [7, 11) is 0. The first-order chi connectivity index (χ1) is 9.73. The van der Waals surface area contributed by atoms with Gasteiger partial charge in [-0.1, -0.05) is 6.07 Å². The molecule has 1 aromatic carbocycles. The molecule has 0 aliphatic carbocycles. The van der Waals surface area contributed by atoms with Crippen LogP contribution >= 0.6 is 0 Å². The molecule has 0 aliphatic heterocycles. The Hall–Kier alpha value is -2.15. The number of nitrogens with two attached hydrogens (primary N) is 1. The molecule has 7 heteroatoms. The van der Waals surface area contributed by atoms with E-state index in [4.69, 9.17) is 10.5 Å². The number of nitrogens with one attached hydrogen (secondary N) is 1. The maximum atomic E-state index is 13.1. The number of rotatable bonds is 3. The summed E-state index contributed by atoms with van der Waals surface area (Å²) in [6.45, 7) is 5.16. The number of urea groups is 1. The van der Waals surface area contributed by atoms with Gasteiger partial charge in [-0.15, -0.1) is 0 Å². The van der Waals surface area contributed by atoms with Gasteiger partial charge in [0.05, 0.1) is 0 Å². The summed E-state index contributed by atoms with van der Waals surface area (Å²) in [5.41, 5.74) is 4.91. The van der Waals surface area contributed by atoms with Crippen LogP contribution in [0, 0.1) is 5.82 Å². The van der Waals surface area contributed by atoms with Gasteiger partial charge in [-0.3, -0.25) is 0 Å². The number of carbonyl (C=O) groups is 2. The largest absolute Gasteiger partial charge is 0.443 e. The minimum absolute atomic E-state index is 0.00391. The van der Waals surface area contributed by atoms with E-state index < -0.39 is 23.5 Å². The van der Waals surface area contributed by atoms with Gasteiger partial charge < -0.3 is 15.8 Å². The lowest BCUT2D eigenvalue weighted by molar-refractivity contribution is 0.0337. The highest BCUT2D eigenvalue weighted by molar-refractivity contribution is 5.99. The number of carbonyl (C=O) groups excluding carboxylic acids is 2. The van der Waals surface area contributed by atoms with E-state index in [0.717, 1.165) is 11.0 Å². The lowest BCUT2D eigenvalue weighted by atomic mass is 10.2. The number of amides is 3. The smallest absolute Gasteiger partial charge is 0.418 e. The minimum Gasteiger partial charge on any atom is -0.443 e. The standard InChI is InChI=1S/C14H20FN3O3/c1-14(2,3)21-13(20)18(8-7-16)12(19)17-11-6-4-5-10(15)9-11/h4-6,9H,7-8,16H2,1-3H3,(H,17,19). The second-order valence-electron chi connectivity index (χ2n) is 5.36. The third-order valence-corrected chi connectivity index (χ3v) is 2.29. The summed E-state index contributed by atoms with van der Waals surface area (Å²) in [6.07, 6.45) is -0.804. The van der Waals surface area contributed by atoms with Gasteiger partial charge in [0.15, 0.2) is 0 Å². The monoisotopic (exact) mass is 297 g/mol. The molecule has 3 N–H and O–H groups in total. The zero-order valence-electron chi connectivity index (χ0n) is 12.4. The van der Waals surface area contributed by atoms with Gasteiger partial charge in [0.2, 0.25) is 0 Å². The van der Waals surface area contributed by atoms with E-state index in [1.54, 1.807) is 20.8 Å². The van der Waals surface area contributed by atoms with Crippen molar-refractivity contribution in [1.29, 1.82) is 0 Å². The van der Waals surface area contributed by atoms with Crippen LogP contribution < -0.4 is 11.1 Å². The van der Waals surface area contributed by atoms with E-state index in [0.29, 0.717) is 0 Å². The van der Waals surface area contributed by atoms with Gasteiger partial charge in [0.1, 0.15) is 11.4 Å². The Morgan fingerprint density at radius 3 is 2.57 bits per heavy atom. The maximum absolute atomic E-state index is 13.1. The first-order valence-electron chi connectivity index (χ1n) is 6.50. The fraction of sp³-hybridized carbons (Fsp3) is 0.429. The van der Waals surface area contributed by atoms with Gasteiger partial charge >= 0.3 is 12.1 Å².